The molecule has 0 aliphatic heterocycles. The predicted molar refractivity (Wildman–Crippen MR) is 73.7 cm³/mol. The first-order chi connectivity index (χ1) is 9.24. The lowest BCUT2D eigenvalue weighted by atomic mass is 10.2. The van der Waals surface area contributed by atoms with Gasteiger partial charge in [-0.3, -0.25) is 4.98 Å². The number of nitrogens with zero attached hydrogens (tertiary/aromatic N) is 2. The molecular weight excluding hydrogens is 311 g/mol. The average Bonchev–Trinajstić information content (AvgIpc) is 2.44. The van der Waals surface area contributed by atoms with Crippen molar-refractivity contribution in [2.75, 3.05) is 0 Å². The molecule has 2 heterocycles. The molecule has 0 aliphatic carbocycles. The number of pyridine rings is 2. The Morgan fingerprint density at radius 2 is 1.95 bits per heavy atom. The van der Waals surface area contributed by atoms with E-state index in [-0.39, 0.29) is 4.47 Å². The number of ether oxygens (including phenoxy) is 1. The number of halogens is 2. The number of para-hydroxylation sites is 1. The third-order valence-corrected chi connectivity index (χ3v) is 3.32. The highest BCUT2D eigenvalue weighted by atomic mass is 79.9. The van der Waals surface area contributed by atoms with Crippen LogP contribution >= 0.6 is 15.9 Å². The van der Waals surface area contributed by atoms with Crippen LogP contribution in [-0.4, -0.2) is 9.97 Å². The molecule has 0 N–H and O–H groups in total. The Balaban J connectivity index is 1.99. The summed E-state index contributed by atoms with van der Waals surface area (Å²) < 4.78 is 19.1. The Labute approximate surface area is 117 Å². The molecular formula is C14H8BrFN2O. The second-order valence-corrected chi connectivity index (χ2v) is 4.67. The van der Waals surface area contributed by atoms with E-state index < -0.39 is 5.95 Å². The van der Waals surface area contributed by atoms with Gasteiger partial charge in [-0.15, -0.1) is 0 Å². The van der Waals surface area contributed by atoms with Gasteiger partial charge in [0.25, 0.3) is 0 Å². The standard InChI is InChI=1S/C14H8BrFN2O/c15-13-12(5-6-17-14(13)16)19-10-7-9-3-1-2-4-11(9)18-8-10/h1-8H. The fourth-order valence-corrected chi connectivity index (χ4v) is 2.03. The second kappa shape index (κ2) is 4.93. The maximum atomic E-state index is 13.3. The van der Waals surface area contributed by atoms with Crippen molar-refractivity contribution in [1.29, 1.82) is 0 Å². The van der Waals surface area contributed by atoms with E-state index in [0.717, 1.165) is 10.9 Å². The highest BCUT2D eigenvalue weighted by Gasteiger charge is 2.09. The Kier molecular flexibility index (Phi) is 3.13. The van der Waals surface area contributed by atoms with Gasteiger partial charge in [0.15, 0.2) is 0 Å². The fourth-order valence-electron chi connectivity index (χ4n) is 1.71. The minimum Gasteiger partial charge on any atom is -0.454 e. The van der Waals surface area contributed by atoms with Gasteiger partial charge < -0.3 is 4.74 Å². The van der Waals surface area contributed by atoms with Gasteiger partial charge in [-0.2, -0.15) is 4.39 Å². The highest BCUT2D eigenvalue weighted by Crippen LogP contribution is 2.31. The molecule has 0 saturated carbocycles. The van der Waals surface area contributed by atoms with Gasteiger partial charge in [0.2, 0.25) is 5.95 Å². The van der Waals surface area contributed by atoms with Crippen LogP contribution < -0.4 is 4.74 Å². The highest BCUT2D eigenvalue weighted by molar-refractivity contribution is 9.10. The number of benzene rings is 1. The van der Waals surface area contributed by atoms with Crippen molar-refractivity contribution in [3.05, 3.63) is 59.2 Å². The molecule has 5 heteroatoms. The SMILES string of the molecule is Fc1nccc(Oc2cnc3ccccc3c2)c1Br. The van der Waals surface area contributed by atoms with Crippen molar-refractivity contribution in [2.24, 2.45) is 0 Å². The van der Waals surface area contributed by atoms with Crippen molar-refractivity contribution < 1.29 is 9.13 Å². The predicted octanol–water partition coefficient (Wildman–Crippen LogP) is 4.32. The monoisotopic (exact) mass is 318 g/mol. The zero-order valence-electron chi connectivity index (χ0n) is 9.68. The van der Waals surface area contributed by atoms with E-state index >= 15 is 0 Å². The van der Waals surface area contributed by atoms with Crippen LogP contribution in [0.25, 0.3) is 10.9 Å². The molecule has 3 rings (SSSR count). The molecule has 0 spiro atoms. The van der Waals surface area contributed by atoms with Crippen LogP contribution in [0.4, 0.5) is 4.39 Å². The minimum atomic E-state index is -0.605. The molecule has 0 saturated heterocycles. The zero-order valence-corrected chi connectivity index (χ0v) is 11.3. The summed E-state index contributed by atoms with van der Waals surface area (Å²) in [6, 6.07) is 11.1. The number of hydrogen-bond acceptors (Lipinski definition) is 3. The molecule has 3 nitrogen and oxygen atoms in total. The van der Waals surface area contributed by atoms with Crippen molar-refractivity contribution in [3.8, 4) is 11.5 Å². The van der Waals surface area contributed by atoms with E-state index in [0.29, 0.717) is 11.5 Å². The van der Waals surface area contributed by atoms with Gasteiger partial charge in [-0.25, -0.2) is 4.98 Å². The molecule has 0 fully saturated rings. The van der Waals surface area contributed by atoms with Crippen LogP contribution in [0.2, 0.25) is 0 Å². The number of fused-ring (bicyclic) bond motifs is 1. The molecule has 0 aliphatic rings. The van der Waals surface area contributed by atoms with Gasteiger partial charge in [-0.1, -0.05) is 18.2 Å². The summed E-state index contributed by atoms with van der Waals surface area (Å²) in [5, 5.41) is 0.964. The van der Waals surface area contributed by atoms with Crippen LogP contribution in [0, 0.1) is 5.95 Å². The molecule has 0 amide bonds. The molecule has 94 valence electrons. The van der Waals surface area contributed by atoms with E-state index in [4.69, 9.17) is 4.74 Å². The lowest BCUT2D eigenvalue weighted by Crippen LogP contribution is -1.91. The fraction of sp³-hybridized carbons (Fsp3) is 0. The van der Waals surface area contributed by atoms with E-state index in [1.165, 1.54) is 6.20 Å². The van der Waals surface area contributed by atoms with Gasteiger partial charge in [0.1, 0.15) is 16.0 Å². The summed E-state index contributed by atoms with van der Waals surface area (Å²) in [5.74, 6) is 0.306. The summed E-state index contributed by atoms with van der Waals surface area (Å²) in [7, 11) is 0. The van der Waals surface area contributed by atoms with Crippen LogP contribution in [0.1, 0.15) is 0 Å². The summed E-state index contributed by atoms with van der Waals surface area (Å²) in [4.78, 5) is 7.80. The van der Waals surface area contributed by atoms with E-state index in [9.17, 15) is 4.39 Å². The second-order valence-electron chi connectivity index (χ2n) is 3.88. The molecule has 0 bridgehead atoms. The largest absolute Gasteiger partial charge is 0.454 e. The first kappa shape index (κ1) is 12.0. The van der Waals surface area contributed by atoms with Crippen molar-refractivity contribution in [2.45, 2.75) is 0 Å². The summed E-state index contributed by atoms with van der Waals surface area (Å²) in [5.41, 5.74) is 0.884. The molecule has 3 aromatic rings. The lowest BCUT2D eigenvalue weighted by Gasteiger charge is -2.08. The summed E-state index contributed by atoms with van der Waals surface area (Å²) in [6.45, 7) is 0. The van der Waals surface area contributed by atoms with Gasteiger partial charge in [0.05, 0.1) is 11.7 Å². The van der Waals surface area contributed by atoms with Crippen LogP contribution in [0.15, 0.2) is 53.3 Å². The van der Waals surface area contributed by atoms with Crippen LogP contribution in [0.5, 0.6) is 11.5 Å². The van der Waals surface area contributed by atoms with Crippen LogP contribution in [-0.2, 0) is 0 Å². The number of aromatic nitrogens is 2. The van der Waals surface area contributed by atoms with E-state index in [1.54, 1.807) is 12.3 Å². The number of rotatable bonds is 2. The van der Waals surface area contributed by atoms with Gasteiger partial charge in [0, 0.05) is 17.6 Å². The maximum Gasteiger partial charge on any atom is 0.230 e. The third kappa shape index (κ3) is 2.42. The quantitative estimate of drug-likeness (QED) is 0.660. The molecule has 19 heavy (non-hydrogen) atoms. The normalized spacial score (nSPS) is 10.6. The maximum absolute atomic E-state index is 13.3. The Hall–Kier alpha value is -2.01. The van der Waals surface area contributed by atoms with E-state index in [1.807, 2.05) is 30.3 Å². The average molecular weight is 319 g/mol. The smallest absolute Gasteiger partial charge is 0.230 e. The minimum absolute atomic E-state index is 0.197. The summed E-state index contributed by atoms with van der Waals surface area (Å²) in [6.07, 6.45) is 2.96. The first-order valence-corrected chi connectivity index (χ1v) is 6.36. The van der Waals surface area contributed by atoms with Gasteiger partial charge >= 0.3 is 0 Å². The summed E-state index contributed by atoms with van der Waals surface area (Å²) >= 11 is 3.10. The van der Waals surface area contributed by atoms with Gasteiger partial charge in [-0.05, 0) is 28.1 Å². The Morgan fingerprint density at radius 1 is 1.11 bits per heavy atom. The molecule has 0 unspecified atom stereocenters. The molecule has 0 atom stereocenters. The number of hydrogen-bond donors (Lipinski definition) is 0. The first-order valence-electron chi connectivity index (χ1n) is 5.57. The Bertz CT molecular complexity index is 748. The third-order valence-electron chi connectivity index (χ3n) is 2.60. The van der Waals surface area contributed by atoms with Crippen LogP contribution in [0.3, 0.4) is 0 Å². The topological polar surface area (TPSA) is 35.0 Å². The molecule has 2 aromatic heterocycles. The zero-order chi connectivity index (χ0) is 13.2. The molecule has 0 radical (unpaired) electrons. The Morgan fingerprint density at radius 3 is 2.84 bits per heavy atom. The molecule has 1 aromatic carbocycles. The van der Waals surface area contributed by atoms with Crippen molar-refractivity contribution in [3.63, 3.8) is 0 Å². The van der Waals surface area contributed by atoms with Crippen molar-refractivity contribution in [1.82, 2.24) is 9.97 Å². The lowest BCUT2D eigenvalue weighted by molar-refractivity contribution is 0.465. The van der Waals surface area contributed by atoms with E-state index in [2.05, 4.69) is 25.9 Å². The van der Waals surface area contributed by atoms with Crippen molar-refractivity contribution >= 4 is 26.8 Å².